The summed E-state index contributed by atoms with van der Waals surface area (Å²) in [7, 11) is 0. The number of ketones is 2. The van der Waals surface area contributed by atoms with Crippen molar-refractivity contribution in [2.75, 3.05) is 0 Å². The van der Waals surface area contributed by atoms with Crippen LogP contribution < -0.4 is 0 Å². The highest BCUT2D eigenvalue weighted by Crippen LogP contribution is 2.41. The van der Waals surface area contributed by atoms with Crippen LogP contribution in [-0.4, -0.2) is 11.6 Å². The summed E-state index contributed by atoms with van der Waals surface area (Å²) in [6, 6.07) is 32.5. The van der Waals surface area contributed by atoms with Crippen LogP contribution in [-0.2, 0) is 35.3 Å². The molecule has 12 rings (SSSR count). The van der Waals surface area contributed by atoms with E-state index in [1.807, 2.05) is 24.3 Å². The van der Waals surface area contributed by atoms with Crippen LogP contribution >= 0.6 is 31.9 Å². The minimum absolute atomic E-state index is 0.112. The smallest absolute Gasteiger partial charge is 0.167 e. The first-order chi connectivity index (χ1) is 17.4. The lowest BCUT2D eigenvalue weighted by molar-refractivity contribution is 0.0988. The molecule has 0 aromatic heterocycles. The van der Waals surface area contributed by atoms with Gasteiger partial charge in [-0.2, -0.15) is 0 Å². The molecule has 8 aliphatic rings. The fraction of sp³-hybridized carbons (Fsp3) is 0.188. The van der Waals surface area contributed by atoms with Gasteiger partial charge >= 0.3 is 0 Å². The normalized spacial score (nSPS) is 15.8. The van der Waals surface area contributed by atoms with Gasteiger partial charge in [0.2, 0.25) is 0 Å². The van der Waals surface area contributed by atoms with Crippen molar-refractivity contribution in [1.82, 2.24) is 0 Å². The molecule has 4 aromatic carbocycles. The predicted octanol–water partition coefficient (Wildman–Crippen LogP) is 7.82. The van der Waals surface area contributed by atoms with Crippen molar-refractivity contribution in [2.24, 2.45) is 0 Å². The lowest BCUT2D eigenvalue weighted by Crippen LogP contribution is -2.13. The Hall–Kier alpha value is -2.82. The Balaban J connectivity index is 0.000000148. The second-order valence-electron chi connectivity index (χ2n) is 9.49. The molecule has 0 saturated heterocycles. The minimum atomic E-state index is -0.167. The number of aryl methyl sites for hydroxylation is 2. The molecule has 2 nitrogen and oxygen atoms in total. The number of carbonyl (C=O) groups is 2. The quantitative estimate of drug-likeness (QED) is 0.193. The molecule has 0 amide bonds. The first-order valence-corrected chi connectivity index (χ1v) is 13.7. The third-order valence-electron chi connectivity index (χ3n) is 6.81. The fourth-order valence-corrected chi connectivity index (χ4v) is 5.75. The number of benzene rings is 4. The van der Waals surface area contributed by atoms with Gasteiger partial charge in [0.05, 0.1) is 0 Å². The molecule has 180 valence electrons. The molecule has 0 unspecified atom stereocenters. The number of carbonyl (C=O) groups excluding carboxylic acids is 2. The van der Waals surface area contributed by atoms with Gasteiger partial charge in [-0.1, -0.05) is 129 Å². The average molecular weight is 602 g/mol. The highest BCUT2D eigenvalue weighted by Gasteiger charge is 2.26. The van der Waals surface area contributed by atoms with Gasteiger partial charge in [0, 0.05) is 30.4 Å². The molecule has 0 atom stereocenters. The predicted molar refractivity (Wildman–Crippen MR) is 152 cm³/mol. The van der Waals surface area contributed by atoms with Crippen LogP contribution in [0.15, 0.2) is 97.1 Å². The van der Waals surface area contributed by atoms with Gasteiger partial charge in [-0.25, -0.2) is 0 Å². The third kappa shape index (κ3) is 5.93. The molecule has 36 heavy (non-hydrogen) atoms. The molecule has 4 aromatic rings. The largest absolute Gasteiger partial charge is 0.294 e. The van der Waals surface area contributed by atoms with Crippen molar-refractivity contribution >= 4 is 43.4 Å². The van der Waals surface area contributed by atoms with E-state index in [2.05, 4.69) is 80.4 Å². The summed E-state index contributed by atoms with van der Waals surface area (Å²) in [4.78, 5) is 24.1. The number of halogens is 2. The van der Waals surface area contributed by atoms with Gasteiger partial charge in [-0.15, -0.1) is 0 Å². The molecule has 0 N–H and O–H groups in total. The zero-order valence-corrected chi connectivity index (χ0v) is 23.0. The maximum absolute atomic E-state index is 12.0. The Morgan fingerprint density at radius 3 is 1.28 bits per heavy atom. The standard InChI is InChI=1S/C16H14Br2.C16H12O2/c17-16(18)11-14-5-3-12(4-6-14)1-2-13-7-9-15(16)10-8-13;17-15-9-11-1-5-13(6-2-11)16(18)10-12-3-7-14(15)8-4-12/h3-10H,1-2,11H2;1-8H,9-10H2. The van der Waals surface area contributed by atoms with Crippen LogP contribution in [0.1, 0.15) is 54.1 Å². The van der Waals surface area contributed by atoms with Crippen molar-refractivity contribution in [1.29, 1.82) is 0 Å². The lowest BCUT2D eigenvalue weighted by atomic mass is 9.95. The Morgan fingerprint density at radius 2 is 0.833 bits per heavy atom. The van der Waals surface area contributed by atoms with Crippen LogP contribution in [0.4, 0.5) is 0 Å². The molecule has 0 radical (unpaired) electrons. The fourth-order valence-electron chi connectivity index (χ4n) is 4.58. The summed E-state index contributed by atoms with van der Waals surface area (Å²) in [5.41, 5.74) is 8.74. The topological polar surface area (TPSA) is 34.1 Å². The highest BCUT2D eigenvalue weighted by atomic mass is 79.9. The van der Waals surface area contributed by atoms with Crippen molar-refractivity contribution in [3.8, 4) is 0 Å². The monoisotopic (exact) mass is 600 g/mol. The van der Waals surface area contributed by atoms with Crippen LogP contribution in [0.2, 0.25) is 0 Å². The van der Waals surface area contributed by atoms with E-state index < -0.39 is 0 Å². The summed E-state index contributed by atoms with van der Waals surface area (Å²) in [6.45, 7) is 0. The van der Waals surface area contributed by atoms with Crippen molar-refractivity contribution in [2.45, 2.75) is 35.3 Å². The summed E-state index contributed by atoms with van der Waals surface area (Å²) >= 11 is 7.61. The lowest BCUT2D eigenvalue weighted by Gasteiger charge is -2.22. The molecule has 0 heterocycles. The summed E-state index contributed by atoms with van der Waals surface area (Å²) < 4.78 is -0.167. The average Bonchev–Trinajstić information content (AvgIpc) is 2.88. The Bertz CT molecular complexity index is 1310. The number of alkyl halides is 2. The van der Waals surface area contributed by atoms with E-state index in [4.69, 9.17) is 0 Å². The minimum Gasteiger partial charge on any atom is -0.294 e. The van der Waals surface area contributed by atoms with Crippen LogP contribution in [0.3, 0.4) is 0 Å². The number of rotatable bonds is 0. The van der Waals surface area contributed by atoms with Crippen LogP contribution in [0.5, 0.6) is 0 Å². The van der Waals surface area contributed by atoms with Gasteiger partial charge in [0.25, 0.3) is 0 Å². The summed E-state index contributed by atoms with van der Waals surface area (Å²) in [5, 5.41) is 0. The van der Waals surface area contributed by atoms with Crippen molar-refractivity contribution in [3.05, 3.63) is 142 Å². The van der Waals surface area contributed by atoms with Crippen LogP contribution in [0, 0.1) is 0 Å². The molecule has 8 aliphatic carbocycles. The Morgan fingerprint density at radius 1 is 0.472 bits per heavy atom. The second kappa shape index (κ2) is 10.7. The van der Waals surface area contributed by atoms with Gasteiger partial charge in [-0.3, -0.25) is 9.59 Å². The van der Waals surface area contributed by atoms with Crippen molar-refractivity contribution in [3.63, 3.8) is 0 Å². The molecule has 0 fully saturated rings. The van der Waals surface area contributed by atoms with E-state index in [1.54, 1.807) is 24.3 Å². The molecule has 0 spiro atoms. The zero-order chi connectivity index (χ0) is 25.1. The number of hydrogen-bond donors (Lipinski definition) is 0. The van der Waals surface area contributed by atoms with E-state index in [-0.39, 0.29) is 14.8 Å². The van der Waals surface area contributed by atoms with E-state index in [0.29, 0.717) is 24.0 Å². The first kappa shape index (κ1) is 24.9. The molecular formula is C32H26Br2O2. The zero-order valence-electron chi connectivity index (χ0n) is 19.8. The molecule has 0 aliphatic heterocycles. The van der Waals surface area contributed by atoms with Gasteiger partial charge in [0.1, 0.15) is 3.23 Å². The SMILES string of the molecule is BrC1(Br)Cc2ccc(cc2)CCc2ccc1cc2.O=C1Cc2ccc(cc2)C(=O)Cc2ccc1cc2. The molecule has 4 heteroatoms. The van der Waals surface area contributed by atoms with E-state index in [1.165, 1.54) is 22.3 Å². The Labute approximate surface area is 229 Å². The second-order valence-corrected chi connectivity index (χ2v) is 13.3. The van der Waals surface area contributed by atoms with Crippen molar-refractivity contribution < 1.29 is 9.59 Å². The maximum Gasteiger partial charge on any atom is 0.167 e. The number of hydrogen-bond acceptors (Lipinski definition) is 2. The molecular weight excluding hydrogens is 576 g/mol. The Kier molecular flexibility index (Phi) is 7.36. The van der Waals surface area contributed by atoms with Gasteiger partial charge < -0.3 is 0 Å². The third-order valence-corrected chi connectivity index (χ3v) is 8.29. The summed E-state index contributed by atoms with van der Waals surface area (Å²) in [5.74, 6) is 0.224. The summed E-state index contributed by atoms with van der Waals surface area (Å²) in [6.07, 6.45) is 3.93. The molecule has 0 saturated carbocycles. The van der Waals surface area contributed by atoms with Gasteiger partial charge in [0.15, 0.2) is 11.6 Å². The van der Waals surface area contributed by atoms with Gasteiger partial charge in [-0.05, 0) is 46.2 Å². The number of Topliss-reactive ketones (excluding diaryl/α,β-unsaturated/α-hetero) is 2. The van der Waals surface area contributed by atoms with Crippen LogP contribution in [0.25, 0.3) is 0 Å². The van der Waals surface area contributed by atoms with E-state index in [0.717, 1.165) is 30.4 Å². The maximum atomic E-state index is 12.0. The molecule has 8 bridgehead atoms. The first-order valence-electron chi connectivity index (χ1n) is 12.2. The highest BCUT2D eigenvalue weighted by molar-refractivity contribution is 9.24. The van der Waals surface area contributed by atoms with E-state index in [9.17, 15) is 9.59 Å². The van der Waals surface area contributed by atoms with E-state index >= 15 is 0 Å².